The molecule has 3 aliphatic heterocycles. The second-order valence-electron chi connectivity index (χ2n) is 12.6. The van der Waals surface area contributed by atoms with Gasteiger partial charge in [0.25, 0.3) is 6.71 Å². The first kappa shape index (κ1) is 26.1. The molecule has 1 aliphatic carbocycles. The maximum Gasteiger partial charge on any atom is 0.260 e. The molecule has 7 aromatic rings. The standard InChI is InChI=1S/C42H25BO2S2/c1-7-21-36-24(11-1)26-13-9-15-28(41(26)46-36)30-23-31(29-16-10-14-27-25-12-2-8-22-37(25)47-42(27)29)40-38-39(30)44-34-19-5-3-17-32(34)43(38)33-18-4-6-20-35(33)45-40/h1-24,36H. The molecule has 0 spiro atoms. The van der Waals surface area contributed by atoms with Crippen molar-refractivity contribution in [1.29, 1.82) is 0 Å². The number of benzene rings is 6. The van der Waals surface area contributed by atoms with Crippen LogP contribution in [0.1, 0.15) is 11.5 Å². The molecule has 11 rings (SSSR count). The Morgan fingerprint density at radius 1 is 0.574 bits per heavy atom. The van der Waals surface area contributed by atoms with Gasteiger partial charge in [-0.1, -0.05) is 115 Å². The van der Waals surface area contributed by atoms with E-state index >= 15 is 0 Å². The summed E-state index contributed by atoms with van der Waals surface area (Å²) in [5, 5.41) is 2.98. The van der Waals surface area contributed by atoms with Crippen molar-refractivity contribution in [3.05, 3.63) is 145 Å². The van der Waals surface area contributed by atoms with Gasteiger partial charge in [-0.2, -0.15) is 0 Å². The van der Waals surface area contributed by atoms with E-state index in [1.165, 1.54) is 52.7 Å². The number of para-hydroxylation sites is 2. The van der Waals surface area contributed by atoms with Crippen LogP contribution in [0.5, 0.6) is 23.0 Å². The van der Waals surface area contributed by atoms with E-state index in [-0.39, 0.29) is 6.71 Å². The summed E-state index contributed by atoms with van der Waals surface area (Å²) in [5.74, 6) is 3.99. The molecular formula is C42H25BO2S2. The van der Waals surface area contributed by atoms with Crippen LogP contribution in [-0.2, 0) is 0 Å². The van der Waals surface area contributed by atoms with Crippen molar-refractivity contribution in [2.75, 3.05) is 0 Å². The Balaban J connectivity index is 1.26. The van der Waals surface area contributed by atoms with Crippen LogP contribution in [0.25, 0.3) is 42.4 Å². The molecule has 0 N–H and O–H groups in total. The van der Waals surface area contributed by atoms with Crippen LogP contribution in [0.2, 0.25) is 0 Å². The molecule has 0 amide bonds. The third-order valence-corrected chi connectivity index (χ3v) is 12.8. The topological polar surface area (TPSA) is 18.5 Å². The van der Waals surface area contributed by atoms with Crippen LogP contribution in [0, 0.1) is 0 Å². The van der Waals surface area contributed by atoms with Crippen LogP contribution in [-0.4, -0.2) is 12.0 Å². The summed E-state index contributed by atoms with van der Waals surface area (Å²) in [5.41, 5.74) is 9.51. The highest BCUT2D eigenvalue weighted by Gasteiger charge is 2.43. The number of hydrogen-bond acceptors (Lipinski definition) is 4. The van der Waals surface area contributed by atoms with Gasteiger partial charge in [0.1, 0.15) is 23.0 Å². The fourth-order valence-corrected chi connectivity index (χ4v) is 10.8. The van der Waals surface area contributed by atoms with Gasteiger partial charge in [0.2, 0.25) is 0 Å². The Morgan fingerprint density at radius 2 is 1.23 bits per heavy atom. The van der Waals surface area contributed by atoms with Crippen LogP contribution in [0.4, 0.5) is 0 Å². The Morgan fingerprint density at radius 3 is 2.06 bits per heavy atom. The highest BCUT2D eigenvalue weighted by Crippen LogP contribution is 2.55. The van der Waals surface area contributed by atoms with E-state index in [2.05, 4.69) is 140 Å². The van der Waals surface area contributed by atoms with Gasteiger partial charge in [-0.3, -0.25) is 0 Å². The quantitative estimate of drug-likeness (QED) is 0.176. The molecule has 1 aromatic heterocycles. The lowest BCUT2D eigenvalue weighted by Crippen LogP contribution is -2.57. The van der Waals surface area contributed by atoms with E-state index in [0.717, 1.165) is 39.6 Å². The van der Waals surface area contributed by atoms with Crippen LogP contribution in [0.15, 0.2) is 144 Å². The largest absolute Gasteiger partial charge is 0.458 e. The predicted octanol–water partition coefficient (Wildman–Crippen LogP) is 9.80. The highest BCUT2D eigenvalue weighted by atomic mass is 32.2. The minimum atomic E-state index is -0.00641. The SMILES string of the molecule is C1=CC2Sc3c(-c4cc(-c5cccc6c5sc5ccccc56)c5c6c4Oc4ccccc4B6c4ccccc4O5)cccc3C2C=C1. The fourth-order valence-electron chi connectivity index (χ4n) is 8.11. The molecule has 6 aromatic carbocycles. The van der Waals surface area contributed by atoms with E-state index in [1.54, 1.807) is 0 Å². The maximum atomic E-state index is 7.02. The smallest absolute Gasteiger partial charge is 0.260 e. The average Bonchev–Trinajstić information content (AvgIpc) is 3.70. The molecule has 2 atom stereocenters. The van der Waals surface area contributed by atoms with Gasteiger partial charge in [-0.05, 0) is 46.3 Å². The lowest BCUT2D eigenvalue weighted by molar-refractivity contribution is 0.466. The third-order valence-electron chi connectivity index (χ3n) is 10.2. The molecule has 0 radical (unpaired) electrons. The Kier molecular flexibility index (Phi) is 5.44. The summed E-state index contributed by atoms with van der Waals surface area (Å²) in [6.07, 6.45) is 9.07. The van der Waals surface area contributed by atoms with Gasteiger partial charge < -0.3 is 9.47 Å². The van der Waals surface area contributed by atoms with Gasteiger partial charge in [0, 0.05) is 58.4 Å². The molecule has 2 unspecified atom stereocenters. The van der Waals surface area contributed by atoms with Crippen LogP contribution < -0.4 is 25.9 Å². The summed E-state index contributed by atoms with van der Waals surface area (Å²) in [6, 6.07) is 41.7. The number of fused-ring (bicyclic) bond motifs is 10. The Labute approximate surface area is 281 Å². The first-order valence-electron chi connectivity index (χ1n) is 16.1. The minimum absolute atomic E-state index is 0.00641. The van der Waals surface area contributed by atoms with Gasteiger partial charge in [0.05, 0.1) is 0 Å². The molecule has 0 saturated heterocycles. The van der Waals surface area contributed by atoms with Gasteiger partial charge in [0.15, 0.2) is 0 Å². The molecule has 4 aliphatic rings. The van der Waals surface area contributed by atoms with E-state index in [0.29, 0.717) is 11.2 Å². The number of thioether (sulfide) groups is 1. The molecule has 5 heteroatoms. The van der Waals surface area contributed by atoms with Crippen LogP contribution >= 0.6 is 23.1 Å². The number of hydrogen-bond donors (Lipinski definition) is 0. The average molecular weight is 637 g/mol. The minimum Gasteiger partial charge on any atom is -0.458 e. The van der Waals surface area contributed by atoms with Gasteiger partial charge >= 0.3 is 0 Å². The van der Waals surface area contributed by atoms with Crippen molar-refractivity contribution in [2.45, 2.75) is 16.1 Å². The van der Waals surface area contributed by atoms with Crippen LogP contribution in [0.3, 0.4) is 0 Å². The predicted molar refractivity (Wildman–Crippen MR) is 199 cm³/mol. The van der Waals surface area contributed by atoms with E-state index in [9.17, 15) is 0 Å². The molecule has 220 valence electrons. The number of thiophene rings is 1. The van der Waals surface area contributed by atoms with Crippen molar-refractivity contribution < 1.29 is 9.47 Å². The summed E-state index contributed by atoms with van der Waals surface area (Å²) >= 11 is 3.84. The number of rotatable bonds is 2. The fraction of sp³-hybridized carbons (Fsp3) is 0.0476. The Hall–Kier alpha value is -4.97. The second-order valence-corrected chi connectivity index (χ2v) is 14.9. The maximum absolute atomic E-state index is 7.02. The van der Waals surface area contributed by atoms with E-state index in [4.69, 9.17) is 9.47 Å². The lowest BCUT2D eigenvalue weighted by Gasteiger charge is -2.35. The van der Waals surface area contributed by atoms with Crippen molar-refractivity contribution >= 4 is 66.4 Å². The molecular weight excluding hydrogens is 611 g/mol. The molecule has 2 nitrogen and oxygen atoms in total. The normalized spacial score (nSPS) is 17.8. The molecule has 0 saturated carbocycles. The zero-order chi connectivity index (χ0) is 30.6. The number of allylic oxidation sites excluding steroid dienone is 3. The molecule has 4 heterocycles. The lowest BCUT2D eigenvalue weighted by atomic mass is 9.34. The summed E-state index contributed by atoms with van der Waals surface area (Å²) in [7, 11) is 0. The Bertz CT molecular complexity index is 2530. The van der Waals surface area contributed by atoms with Crippen molar-refractivity contribution in [3.63, 3.8) is 0 Å². The molecule has 47 heavy (non-hydrogen) atoms. The van der Waals surface area contributed by atoms with Crippen molar-refractivity contribution in [3.8, 4) is 45.3 Å². The summed E-state index contributed by atoms with van der Waals surface area (Å²) < 4.78 is 16.6. The van der Waals surface area contributed by atoms with Gasteiger partial charge in [-0.15, -0.1) is 23.1 Å². The second kappa shape index (κ2) is 9.77. The van der Waals surface area contributed by atoms with E-state index < -0.39 is 0 Å². The summed E-state index contributed by atoms with van der Waals surface area (Å²) in [4.78, 5) is 1.34. The zero-order valence-corrected chi connectivity index (χ0v) is 26.8. The highest BCUT2D eigenvalue weighted by molar-refractivity contribution is 8.00. The molecule has 0 bridgehead atoms. The monoisotopic (exact) mass is 636 g/mol. The number of ether oxygens (including phenoxy) is 2. The first-order valence-corrected chi connectivity index (χ1v) is 17.8. The third kappa shape index (κ3) is 3.64. The zero-order valence-electron chi connectivity index (χ0n) is 25.1. The first-order chi connectivity index (χ1) is 23.3. The van der Waals surface area contributed by atoms with Crippen molar-refractivity contribution in [2.24, 2.45) is 0 Å². The summed E-state index contributed by atoms with van der Waals surface area (Å²) in [6.45, 7) is -0.00641. The molecule has 0 fully saturated rings. The van der Waals surface area contributed by atoms with E-state index in [1.807, 2.05) is 23.1 Å². The van der Waals surface area contributed by atoms with Crippen molar-refractivity contribution in [1.82, 2.24) is 0 Å². The van der Waals surface area contributed by atoms with Gasteiger partial charge in [-0.25, -0.2) is 0 Å².